The molecule has 0 radical (unpaired) electrons. The molecular weight excluding hydrogens is 267 g/mol. The number of nitrogens with one attached hydrogen (secondary N) is 2. The van der Waals surface area contributed by atoms with Gasteiger partial charge in [-0.25, -0.2) is 4.39 Å². The van der Waals surface area contributed by atoms with Gasteiger partial charge in [0, 0.05) is 12.1 Å². The van der Waals surface area contributed by atoms with E-state index in [0.717, 1.165) is 32.4 Å². The molecule has 1 aliphatic carbocycles. The lowest BCUT2D eigenvalue weighted by Gasteiger charge is -2.20. The molecule has 2 N–H and O–H groups in total. The van der Waals surface area contributed by atoms with Crippen LogP contribution < -0.4 is 10.6 Å². The molecule has 1 unspecified atom stereocenters. The van der Waals surface area contributed by atoms with Crippen LogP contribution in [0.5, 0.6) is 0 Å². The maximum atomic E-state index is 13.8. The van der Waals surface area contributed by atoms with Crippen LogP contribution in [0.15, 0.2) is 24.3 Å². The summed E-state index contributed by atoms with van der Waals surface area (Å²) in [5.41, 5.74) is 0.190. The van der Waals surface area contributed by atoms with Crippen molar-refractivity contribution in [2.24, 2.45) is 5.92 Å². The molecule has 5 heteroatoms. The van der Waals surface area contributed by atoms with Crippen LogP contribution in [0.1, 0.15) is 24.8 Å². The van der Waals surface area contributed by atoms with E-state index in [1.165, 1.54) is 6.07 Å². The third-order valence-electron chi connectivity index (χ3n) is 3.93. The van der Waals surface area contributed by atoms with Crippen molar-refractivity contribution < 1.29 is 9.18 Å². The topological polar surface area (TPSA) is 41.1 Å². The summed E-state index contributed by atoms with van der Waals surface area (Å²) in [6.45, 7) is 1.63. The summed E-state index contributed by atoms with van der Waals surface area (Å²) in [6, 6.07) is 6.73. The molecule has 0 aromatic heterocycles. The number of hydrogen-bond donors (Lipinski definition) is 2. The van der Waals surface area contributed by atoms with Crippen LogP contribution in [-0.2, 0) is 10.3 Å². The van der Waals surface area contributed by atoms with E-state index in [1.54, 1.807) is 12.1 Å². The van der Waals surface area contributed by atoms with Crippen LogP contribution in [0.2, 0.25) is 0 Å². The van der Waals surface area contributed by atoms with E-state index in [-0.39, 0.29) is 30.0 Å². The smallest absolute Gasteiger partial charge is 0.225 e. The molecule has 104 valence electrons. The van der Waals surface area contributed by atoms with Crippen LogP contribution in [0, 0.1) is 11.7 Å². The quantitative estimate of drug-likeness (QED) is 0.891. The summed E-state index contributed by atoms with van der Waals surface area (Å²) in [5, 5.41) is 6.22. The van der Waals surface area contributed by atoms with Gasteiger partial charge in [-0.05, 0) is 31.9 Å². The Labute approximate surface area is 118 Å². The predicted molar refractivity (Wildman–Crippen MR) is 73.7 cm³/mol. The molecule has 1 amide bonds. The Kier molecular flexibility index (Phi) is 4.11. The molecule has 1 saturated carbocycles. The fourth-order valence-corrected chi connectivity index (χ4v) is 2.65. The molecule has 1 saturated heterocycles. The maximum absolute atomic E-state index is 13.8. The normalized spacial score (nSPS) is 23.5. The minimum absolute atomic E-state index is 0. The number of carbonyl (C=O) groups excluding carboxylic acids is 1. The zero-order chi connectivity index (χ0) is 12.6. The first-order chi connectivity index (χ1) is 8.71. The van der Waals surface area contributed by atoms with Gasteiger partial charge in [0.25, 0.3) is 0 Å². The highest BCUT2D eigenvalue weighted by Crippen LogP contribution is 2.46. The third kappa shape index (κ3) is 2.74. The number of amides is 1. The SMILES string of the molecule is Cl.O=C(NC1(c2ccccc2F)CC1)C1CCNC1. The summed E-state index contributed by atoms with van der Waals surface area (Å²) in [5.74, 6) is -0.130. The third-order valence-corrected chi connectivity index (χ3v) is 3.93. The van der Waals surface area contributed by atoms with E-state index >= 15 is 0 Å². The minimum Gasteiger partial charge on any atom is -0.346 e. The van der Waals surface area contributed by atoms with Gasteiger partial charge in [-0.2, -0.15) is 0 Å². The van der Waals surface area contributed by atoms with Gasteiger partial charge in [-0.15, -0.1) is 12.4 Å². The highest BCUT2D eigenvalue weighted by atomic mass is 35.5. The molecule has 19 heavy (non-hydrogen) atoms. The first-order valence-electron chi connectivity index (χ1n) is 6.49. The Hall–Kier alpha value is -1.13. The second-order valence-electron chi connectivity index (χ2n) is 5.24. The van der Waals surface area contributed by atoms with E-state index in [0.29, 0.717) is 5.56 Å². The zero-order valence-electron chi connectivity index (χ0n) is 10.6. The van der Waals surface area contributed by atoms with E-state index in [1.807, 2.05) is 6.07 Å². The van der Waals surface area contributed by atoms with Gasteiger partial charge >= 0.3 is 0 Å². The summed E-state index contributed by atoms with van der Waals surface area (Å²) < 4.78 is 13.8. The van der Waals surface area contributed by atoms with Crippen molar-refractivity contribution in [1.29, 1.82) is 0 Å². The average molecular weight is 285 g/mol. The number of benzene rings is 1. The van der Waals surface area contributed by atoms with Gasteiger partial charge in [-0.3, -0.25) is 4.79 Å². The molecule has 1 aromatic rings. The van der Waals surface area contributed by atoms with E-state index < -0.39 is 5.54 Å². The second kappa shape index (κ2) is 5.47. The van der Waals surface area contributed by atoms with Crippen molar-refractivity contribution in [3.05, 3.63) is 35.6 Å². The van der Waals surface area contributed by atoms with Gasteiger partial charge in [0.15, 0.2) is 0 Å². The van der Waals surface area contributed by atoms with E-state index in [4.69, 9.17) is 0 Å². The summed E-state index contributed by atoms with van der Waals surface area (Å²) >= 11 is 0. The molecule has 3 rings (SSSR count). The Morgan fingerprint density at radius 1 is 1.37 bits per heavy atom. The second-order valence-corrected chi connectivity index (χ2v) is 5.24. The van der Waals surface area contributed by atoms with Crippen molar-refractivity contribution in [3.8, 4) is 0 Å². The molecule has 1 aromatic carbocycles. The molecule has 2 fully saturated rings. The first-order valence-corrected chi connectivity index (χ1v) is 6.49. The average Bonchev–Trinajstić information content (AvgIpc) is 2.94. The number of rotatable bonds is 3. The van der Waals surface area contributed by atoms with Crippen molar-refractivity contribution >= 4 is 18.3 Å². The Morgan fingerprint density at radius 2 is 2.11 bits per heavy atom. The highest BCUT2D eigenvalue weighted by Gasteiger charge is 2.48. The van der Waals surface area contributed by atoms with E-state index in [9.17, 15) is 9.18 Å². The molecule has 1 aliphatic heterocycles. The van der Waals surface area contributed by atoms with Crippen molar-refractivity contribution in [3.63, 3.8) is 0 Å². The van der Waals surface area contributed by atoms with Crippen molar-refractivity contribution in [1.82, 2.24) is 10.6 Å². The zero-order valence-corrected chi connectivity index (χ0v) is 11.4. The molecule has 1 atom stereocenters. The molecule has 1 heterocycles. The van der Waals surface area contributed by atoms with Gasteiger partial charge in [0.1, 0.15) is 5.82 Å². The molecule has 3 nitrogen and oxygen atoms in total. The molecule has 2 aliphatic rings. The number of carbonyl (C=O) groups is 1. The van der Waals surface area contributed by atoms with Crippen LogP contribution in [0.25, 0.3) is 0 Å². The largest absolute Gasteiger partial charge is 0.346 e. The monoisotopic (exact) mass is 284 g/mol. The fraction of sp³-hybridized carbons (Fsp3) is 0.500. The van der Waals surface area contributed by atoms with Crippen molar-refractivity contribution in [2.75, 3.05) is 13.1 Å². The molecule has 0 spiro atoms. The van der Waals surface area contributed by atoms with E-state index in [2.05, 4.69) is 10.6 Å². The standard InChI is InChI=1S/C14H17FN2O.ClH/c15-12-4-2-1-3-11(12)14(6-7-14)17-13(18)10-5-8-16-9-10;/h1-4,10,16H,5-9H2,(H,17,18);1H. The summed E-state index contributed by atoms with van der Waals surface area (Å²) in [7, 11) is 0. The van der Waals surface area contributed by atoms with Gasteiger partial charge < -0.3 is 10.6 Å². The number of halogens is 2. The Balaban J connectivity index is 0.00000133. The van der Waals surface area contributed by atoms with Gasteiger partial charge in [-0.1, -0.05) is 18.2 Å². The van der Waals surface area contributed by atoms with Crippen LogP contribution >= 0.6 is 12.4 Å². The Morgan fingerprint density at radius 3 is 2.68 bits per heavy atom. The van der Waals surface area contributed by atoms with Gasteiger partial charge in [0.05, 0.1) is 11.5 Å². The lowest BCUT2D eigenvalue weighted by molar-refractivity contribution is -0.125. The summed E-state index contributed by atoms with van der Waals surface area (Å²) in [4.78, 5) is 12.1. The Bertz CT molecular complexity index is 470. The molecule has 0 bridgehead atoms. The van der Waals surface area contributed by atoms with Crippen LogP contribution in [0.3, 0.4) is 0 Å². The molecular formula is C14H18ClFN2O. The van der Waals surface area contributed by atoms with Crippen molar-refractivity contribution in [2.45, 2.75) is 24.8 Å². The predicted octanol–water partition coefficient (Wildman–Crippen LogP) is 1.96. The van der Waals surface area contributed by atoms with Crippen LogP contribution in [0.4, 0.5) is 4.39 Å². The minimum atomic E-state index is -0.439. The number of hydrogen-bond acceptors (Lipinski definition) is 2. The maximum Gasteiger partial charge on any atom is 0.225 e. The summed E-state index contributed by atoms with van der Waals surface area (Å²) in [6.07, 6.45) is 2.54. The first kappa shape index (κ1) is 14.3. The fourth-order valence-electron chi connectivity index (χ4n) is 2.65. The highest BCUT2D eigenvalue weighted by molar-refractivity contribution is 5.85. The van der Waals surface area contributed by atoms with Gasteiger partial charge in [0.2, 0.25) is 5.91 Å². The lowest BCUT2D eigenvalue weighted by Crippen LogP contribution is -2.40. The lowest BCUT2D eigenvalue weighted by atomic mass is 10.0. The van der Waals surface area contributed by atoms with Crippen LogP contribution in [-0.4, -0.2) is 19.0 Å².